The zero-order chi connectivity index (χ0) is 13.4. The summed E-state index contributed by atoms with van der Waals surface area (Å²) >= 11 is 0. The summed E-state index contributed by atoms with van der Waals surface area (Å²) in [6.07, 6.45) is 2.87. The van der Waals surface area contributed by atoms with Crippen LogP contribution in [-0.4, -0.2) is 10.7 Å². The first-order valence-electron chi connectivity index (χ1n) is 6.33. The standard InChI is InChI=1S/C17H15NO/c1-12-5-7-14(8-6-12)15-10-16-13(2)4-3-9-18(16)17(15)11-19/h3-11H,1-2H3. The van der Waals surface area contributed by atoms with Crippen molar-refractivity contribution >= 4 is 11.8 Å². The molecule has 2 nitrogen and oxygen atoms in total. The van der Waals surface area contributed by atoms with Crippen molar-refractivity contribution in [2.45, 2.75) is 13.8 Å². The summed E-state index contributed by atoms with van der Waals surface area (Å²) in [4.78, 5) is 11.4. The third-order valence-electron chi connectivity index (χ3n) is 3.54. The predicted octanol–water partition coefficient (Wildman–Crippen LogP) is 4.04. The van der Waals surface area contributed by atoms with Crippen LogP contribution in [0.1, 0.15) is 21.6 Å². The molecule has 94 valence electrons. The lowest BCUT2D eigenvalue weighted by Crippen LogP contribution is -1.92. The highest BCUT2D eigenvalue weighted by Crippen LogP contribution is 2.28. The molecule has 0 N–H and O–H groups in total. The molecule has 0 amide bonds. The largest absolute Gasteiger partial charge is 0.313 e. The van der Waals surface area contributed by atoms with Gasteiger partial charge in [-0.15, -0.1) is 0 Å². The van der Waals surface area contributed by atoms with E-state index in [0.717, 1.165) is 22.9 Å². The highest BCUT2D eigenvalue weighted by molar-refractivity contribution is 5.90. The van der Waals surface area contributed by atoms with E-state index < -0.39 is 0 Å². The number of carbonyl (C=O) groups is 1. The number of rotatable bonds is 2. The van der Waals surface area contributed by atoms with Crippen LogP contribution in [0.25, 0.3) is 16.6 Å². The fourth-order valence-electron chi connectivity index (χ4n) is 2.45. The van der Waals surface area contributed by atoms with Crippen LogP contribution in [0.15, 0.2) is 48.7 Å². The zero-order valence-electron chi connectivity index (χ0n) is 11.1. The number of hydrogen-bond donors (Lipinski definition) is 0. The molecule has 0 atom stereocenters. The summed E-state index contributed by atoms with van der Waals surface area (Å²) in [5.74, 6) is 0. The zero-order valence-corrected chi connectivity index (χ0v) is 11.1. The number of fused-ring (bicyclic) bond motifs is 1. The molecule has 0 saturated carbocycles. The normalized spacial score (nSPS) is 10.8. The maximum absolute atomic E-state index is 11.4. The van der Waals surface area contributed by atoms with Gasteiger partial charge in [0.15, 0.2) is 6.29 Å². The minimum Gasteiger partial charge on any atom is -0.313 e. The lowest BCUT2D eigenvalue weighted by molar-refractivity contribution is 0.111. The lowest BCUT2D eigenvalue weighted by Gasteiger charge is -2.01. The summed E-state index contributed by atoms with van der Waals surface area (Å²) in [7, 11) is 0. The first kappa shape index (κ1) is 11.7. The SMILES string of the molecule is Cc1ccc(-c2cc3c(C)cccn3c2C=O)cc1. The lowest BCUT2D eigenvalue weighted by atomic mass is 10.0. The average Bonchev–Trinajstić information content (AvgIpc) is 2.79. The minimum atomic E-state index is 0.711. The van der Waals surface area contributed by atoms with Gasteiger partial charge in [-0.25, -0.2) is 0 Å². The van der Waals surface area contributed by atoms with Gasteiger partial charge >= 0.3 is 0 Å². The molecule has 0 aliphatic carbocycles. The average molecular weight is 249 g/mol. The van der Waals surface area contributed by atoms with Gasteiger partial charge in [0.2, 0.25) is 0 Å². The van der Waals surface area contributed by atoms with Crippen LogP contribution < -0.4 is 0 Å². The van der Waals surface area contributed by atoms with Gasteiger partial charge in [0.05, 0.1) is 5.69 Å². The van der Waals surface area contributed by atoms with Gasteiger partial charge < -0.3 is 4.40 Å². The van der Waals surface area contributed by atoms with Gasteiger partial charge in [0.25, 0.3) is 0 Å². The van der Waals surface area contributed by atoms with Gasteiger partial charge in [-0.1, -0.05) is 35.9 Å². The molecule has 1 aromatic carbocycles. The number of hydrogen-bond acceptors (Lipinski definition) is 1. The third kappa shape index (κ3) is 1.85. The van der Waals surface area contributed by atoms with E-state index in [1.54, 1.807) is 0 Å². The van der Waals surface area contributed by atoms with Crippen LogP contribution in [0.2, 0.25) is 0 Å². The molecule has 0 aliphatic rings. The molecule has 0 fully saturated rings. The molecular formula is C17H15NO. The van der Waals surface area contributed by atoms with Gasteiger partial charge in [-0.2, -0.15) is 0 Å². The second kappa shape index (κ2) is 4.39. The highest BCUT2D eigenvalue weighted by Gasteiger charge is 2.12. The second-order valence-corrected chi connectivity index (χ2v) is 4.87. The molecule has 0 spiro atoms. The first-order chi connectivity index (χ1) is 9.20. The van der Waals surface area contributed by atoms with Gasteiger partial charge in [0, 0.05) is 17.3 Å². The van der Waals surface area contributed by atoms with Gasteiger partial charge in [-0.3, -0.25) is 4.79 Å². The van der Waals surface area contributed by atoms with E-state index in [1.165, 1.54) is 11.1 Å². The van der Waals surface area contributed by atoms with Crippen molar-refractivity contribution < 1.29 is 4.79 Å². The maximum atomic E-state index is 11.4. The predicted molar refractivity (Wildman–Crippen MR) is 77.7 cm³/mol. The van der Waals surface area contributed by atoms with Gasteiger partial charge in [0.1, 0.15) is 0 Å². The maximum Gasteiger partial charge on any atom is 0.167 e. The number of pyridine rings is 1. The van der Waals surface area contributed by atoms with Crippen molar-refractivity contribution in [3.8, 4) is 11.1 Å². The monoisotopic (exact) mass is 249 g/mol. The van der Waals surface area contributed by atoms with Crippen LogP contribution in [0.5, 0.6) is 0 Å². The van der Waals surface area contributed by atoms with E-state index >= 15 is 0 Å². The number of aldehydes is 1. The van der Waals surface area contributed by atoms with Crippen molar-refractivity contribution in [1.82, 2.24) is 4.40 Å². The molecule has 2 heterocycles. The van der Waals surface area contributed by atoms with E-state index in [1.807, 2.05) is 16.7 Å². The molecule has 0 radical (unpaired) electrons. The molecule has 0 aliphatic heterocycles. The Morgan fingerprint density at radius 3 is 2.47 bits per heavy atom. The number of aryl methyl sites for hydroxylation is 2. The quantitative estimate of drug-likeness (QED) is 0.628. The Morgan fingerprint density at radius 2 is 1.79 bits per heavy atom. The van der Waals surface area contributed by atoms with Crippen LogP contribution >= 0.6 is 0 Å². The summed E-state index contributed by atoms with van der Waals surface area (Å²) < 4.78 is 1.96. The molecule has 0 unspecified atom stereocenters. The smallest absolute Gasteiger partial charge is 0.167 e. The van der Waals surface area contributed by atoms with Crippen molar-refractivity contribution in [2.75, 3.05) is 0 Å². The number of nitrogens with zero attached hydrogens (tertiary/aromatic N) is 1. The molecule has 3 aromatic rings. The highest BCUT2D eigenvalue weighted by atomic mass is 16.1. The van der Waals surface area contributed by atoms with E-state index in [9.17, 15) is 4.79 Å². The van der Waals surface area contributed by atoms with Crippen molar-refractivity contribution in [1.29, 1.82) is 0 Å². The summed E-state index contributed by atoms with van der Waals surface area (Å²) in [6, 6.07) is 14.4. The van der Waals surface area contributed by atoms with Crippen LogP contribution in [-0.2, 0) is 0 Å². The summed E-state index contributed by atoms with van der Waals surface area (Å²) in [5.41, 5.74) is 6.25. The van der Waals surface area contributed by atoms with Crippen LogP contribution in [0.3, 0.4) is 0 Å². The fourth-order valence-corrected chi connectivity index (χ4v) is 2.45. The van der Waals surface area contributed by atoms with E-state index in [2.05, 4.69) is 50.2 Å². The minimum absolute atomic E-state index is 0.711. The van der Waals surface area contributed by atoms with Crippen molar-refractivity contribution in [2.24, 2.45) is 0 Å². The van der Waals surface area contributed by atoms with E-state index in [0.29, 0.717) is 5.69 Å². The number of aromatic nitrogens is 1. The van der Waals surface area contributed by atoms with Crippen LogP contribution in [0.4, 0.5) is 0 Å². The Morgan fingerprint density at radius 1 is 1.05 bits per heavy atom. The molecule has 2 heteroatoms. The topological polar surface area (TPSA) is 21.5 Å². The number of carbonyl (C=O) groups excluding carboxylic acids is 1. The third-order valence-corrected chi connectivity index (χ3v) is 3.54. The van der Waals surface area contributed by atoms with Crippen molar-refractivity contribution in [3.63, 3.8) is 0 Å². The summed E-state index contributed by atoms with van der Waals surface area (Å²) in [5, 5.41) is 0. The Balaban J connectivity index is 2.32. The molecule has 0 saturated heterocycles. The van der Waals surface area contributed by atoms with E-state index in [-0.39, 0.29) is 0 Å². The Bertz CT molecular complexity index is 751. The molecule has 2 aromatic heterocycles. The Labute approximate surface area is 112 Å². The second-order valence-electron chi connectivity index (χ2n) is 4.87. The Hall–Kier alpha value is -2.35. The van der Waals surface area contributed by atoms with E-state index in [4.69, 9.17) is 0 Å². The molecule has 19 heavy (non-hydrogen) atoms. The Kier molecular flexibility index (Phi) is 2.71. The van der Waals surface area contributed by atoms with Crippen molar-refractivity contribution in [3.05, 3.63) is 65.5 Å². The molecular weight excluding hydrogens is 234 g/mol. The molecule has 0 bridgehead atoms. The fraction of sp³-hybridized carbons (Fsp3) is 0.118. The van der Waals surface area contributed by atoms with Gasteiger partial charge in [-0.05, 0) is 37.1 Å². The first-order valence-corrected chi connectivity index (χ1v) is 6.33. The number of benzene rings is 1. The van der Waals surface area contributed by atoms with Crippen LogP contribution in [0, 0.1) is 13.8 Å². The molecule has 3 rings (SSSR count). The summed E-state index contributed by atoms with van der Waals surface area (Å²) in [6.45, 7) is 4.12.